The summed E-state index contributed by atoms with van der Waals surface area (Å²) in [6, 6.07) is 2.36. The predicted molar refractivity (Wildman–Crippen MR) is 52.8 cm³/mol. The molecule has 84 valence electrons. The highest BCUT2D eigenvalue weighted by atomic mass is 19.4. The number of anilines is 1. The molecule has 1 aromatic heterocycles. The van der Waals surface area contributed by atoms with Crippen LogP contribution in [0.5, 0.6) is 0 Å². The predicted octanol–water partition coefficient (Wildman–Crippen LogP) is 2.95. The molecule has 1 heterocycles. The van der Waals surface area contributed by atoms with Crippen molar-refractivity contribution in [2.75, 3.05) is 18.0 Å². The standard InChI is InChI=1S/C10H13F3N2/c1-3-15(4-2)9-8(10(11,12)13)6-5-7-14-9/h5-7H,3-4H2,1-2H3. The van der Waals surface area contributed by atoms with E-state index >= 15 is 0 Å². The molecule has 0 N–H and O–H groups in total. The van der Waals surface area contributed by atoms with Crippen LogP contribution in [-0.2, 0) is 6.18 Å². The molecule has 0 bridgehead atoms. The van der Waals surface area contributed by atoms with Gasteiger partial charge in [0.05, 0.1) is 5.56 Å². The Hall–Kier alpha value is -1.26. The van der Waals surface area contributed by atoms with Crippen LogP contribution in [0.1, 0.15) is 19.4 Å². The third kappa shape index (κ3) is 2.61. The van der Waals surface area contributed by atoms with Crippen molar-refractivity contribution in [3.8, 4) is 0 Å². The van der Waals surface area contributed by atoms with E-state index in [4.69, 9.17) is 0 Å². The van der Waals surface area contributed by atoms with Crippen LogP contribution in [0.25, 0.3) is 0 Å². The summed E-state index contributed by atoms with van der Waals surface area (Å²) in [4.78, 5) is 5.38. The van der Waals surface area contributed by atoms with E-state index in [9.17, 15) is 13.2 Å². The van der Waals surface area contributed by atoms with Gasteiger partial charge in [0.2, 0.25) is 0 Å². The van der Waals surface area contributed by atoms with Crippen molar-refractivity contribution in [2.24, 2.45) is 0 Å². The molecule has 0 spiro atoms. The Morgan fingerprint density at radius 1 is 1.27 bits per heavy atom. The molecule has 0 amide bonds. The number of nitrogens with zero attached hydrogens (tertiary/aromatic N) is 2. The number of aromatic nitrogens is 1. The lowest BCUT2D eigenvalue weighted by Crippen LogP contribution is -2.26. The fourth-order valence-electron chi connectivity index (χ4n) is 1.39. The Morgan fingerprint density at radius 3 is 2.33 bits per heavy atom. The number of hydrogen-bond acceptors (Lipinski definition) is 2. The number of hydrogen-bond donors (Lipinski definition) is 0. The second kappa shape index (κ2) is 4.51. The first kappa shape index (κ1) is 11.8. The highest BCUT2D eigenvalue weighted by Gasteiger charge is 2.35. The Bertz CT molecular complexity index is 319. The molecule has 0 saturated heterocycles. The minimum atomic E-state index is -4.34. The Morgan fingerprint density at radius 2 is 1.87 bits per heavy atom. The number of halogens is 3. The summed E-state index contributed by atoms with van der Waals surface area (Å²) in [7, 11) is 0. The second-order valence-corrected chi connectivity index (χ2v) is 3.04. The lowest BCUT2D eigenvalue weighted by atomic mass is 10.2. The fraction of sp³-hybridized carbons (Fsp3) is 0.500. The highest BCUT2D eigenvalue weighted by molar-refractivity contribution is 5.48. The third-order valence-corrected chi connectivity index (χ3v) is 2.16. The molecule has 0 aliphatic heterocycles. The van der Waals surface area contributed by atoms with Gasteiger partial charge in [0.15, 0.2) is 0 Å². The van der Waals surface area contributed by atoms with Crippen LogP contribution in [0.3, 0.4) is 0 Å². The van der Waals surface area contributed by atoms with Gasteiger partial charge in [0, 0.05) is 19.3 Å². The van der Waals surface area contributed by atoms with Crippen LogP contribution in [-0.4, -0.2) is 18.1 Å². The van der Waals surface area contributed by atoms with Crippen LogP contribution in [0.2, 0.25) is 0 Å². The van der Waals surface area contributed by atoms with E-state index in [1.165, 1.54) is 12.3 Å². The third-order valence-electron chi connectivity index (χ3n) is 2.16. The number of alkyl halides is 3. The first-order chi connectivity index (χ1) is 7.00. The molecule has 0 radical (unpaired) electrons. The lowest BCUT2D eigenvalue weighted by Gasteiger charge is -2.23. The molecular weight excluding hydrogens is 205 g/mol. The molecule has 1 rings (SSSR count). The first-order valence-corrected chi connectivity index (χ1v) is 4.77. The highest BCUT2D eigenvalue weighted by Crippen LogP contribution is 2.34. The summed E-state index contributed by atoms with van der Waals surface area (Å²) < 4.78 is 37.8. The van der Waals surface area contributed by atoms with Crippen LogP contribution in [0, 0.1) is 0 Å². The average molecular weight is 218 g/mol. The van der Waals surface area contributed by atoms with Crippen LogP contribution < -0.4 is 4.90 Å². The maximum absolute atomic E-state index is 12.6. The monoisotopic (exact) mass is 218 g/mol. The average Bonchev–Trinajstić information content (AvgIpc) is 2.19. The van der Waals surface area contributed by atoms with E-state index in [1.807, 2.05) is 0 Å². The van der Waals surface area contributed by atoms with Crippen molar-refractivity contribution in [1.82, 2.24) is 4.98 Å². The quantitative estimate of drug-likeness (QED) is 0.775. The smallest absolute Gasteiger partial charge is 0.357 e. The number of pyridine rings is 1. The van der Waals surface area contributed by atoms with Gasteiger partial charge in [-0.3, -0.25) is 0 Å². The molecule has 0 aliphatic carbocycles. The normalized spacial score (nSPS) is 11.5. The van der Waals surface area contributed by atoms with E-state index < -0.39 is 11.7 Å². The van der Waals surface area contributed by atoms with Crippen molar-refractivity contribution in [2.45, 2.75) is 20.0 Å². The first-order valence-electron chi connectivity index (χ1n) is 4.77. The van der Waals surface area contributed by atoms with Crippen LogP contribution >= 0.6 is 0 Å². The van der Waals surface area contributed by atoms with Gasteiger partial charge in [-0.05, 0) is 26.0 Å². The minimum Gasteiger partial charge on any atom is -0.357 e. The zero-order valence-electron chi connectivity index (χ0n) is 8.67. The SMILES string of the molecule is CCN(CC)c1ncccc1C(F)(F)F. The van der Waals surface area contributed by atoms with Gasteiger partial charge in [0.1, 0.15) is 5.82 Å². The van der Waals surface area contributed by atoms with Gasteiger partial charge in [-0.1, -0.05) is 0 Å². The molecule has 0 unspecified atom stereocenters. The van der Waals surface area contributed by atoms with Crippen molar-refractivity contribution in [3.63, 3.8) is 0 Å². The van der Waals surface area contributed by atoms with Gasteiger partial charge in [-0.15, -0.1) is 0 Å². The van der Waals surface area contributed by atoms with Gasteiger partial charge in [-0.2, -0.15) is 13.2 Å². The maximum atomic E-state index is 12.6. The summed E-state index contributed by atoms with van der Waals surface area (Å²) in [5.74, 6) is 0.00926. The van der Waals surface area contributed by atoms with Gasteiger partial charge in [-0.25, -0.2) is 4.98 Å². The Labute approximate surface area is 86.7 Å². The largest absolute Gasteiger partial charge is 0.419 e. The summed E-state index contributed by atoms with van der Waals surface area (Å²) in [5, 5.41) is 0. The molecule has 0 aliphatic rings. The summed E-state index contributed by atoms with van der Waals surface area (Å²) in [6.07, 6.45) is -2.96. The van der Waals surface area contributed by atoms with E-state index in [0.29, 0.717) is 13.1 Å². The zero-order valence-corrected chi connectivity index (χ0v) is 8.67. The van der Waals surface area contributed by atoms with E-state index in [2.05, 4.69) is 4.98 Å². The summed E-state index contributed by atoms with van der Waals surface area (Å²) in [6.45, 7) is 4.63. The molecule has 5 heteroatoms. The second-order valence-electron chi connectivity index (χ2n) is 3.04. The van der Waals surface area contributed by atoms with E-state index in [1.54, 1.807) is 18.7 Å². The molecule has 15 heavy (non-hydrogen) atoms. The maximum Gasteiger partial charge on any atom is 0.419 e. The van der Waals surface area contributed by atoms with Crippen molar-refractivity contribution in [3.05, 3.63) is 23.9 Å². The minimum absolute atomic E-state index is 0.00926. The molecule has 0 aromatic carbocycles. The van der Waals surface area contributed by atoms with E-state index in [0.717, 1.165) is 6.07 Å². The lowest BCUT2D eigenvalue weighted by molar-refractivity contribution is -0.137. The molecule has 1 aromatic rings. The zero-order chi connectivity index (χ0) is 11.5. The topological polar surface area (TPSA) is 16.1 Å². The fourth-order valence-corrected chi connectivity index (χ4v) is 1.39. The van der Waals surface area contributed by atoms with Crippen molar-refractivity contribution in [1.29, 1.82) is 0 Å². The summed E-state index contributed by atoms with van der Waals surface area (Å²) >= 11 is 0. The number of rotatable bonds is 3. The van der Waals surface area contributed by atoms with E-state index in [-0.39, 0.29) is 5.82 Å². The van der Waals surface area contributed by atoms with Gasteiger partial charge in [0.25, 0.3) is 0 Å². The molecule has 0 fully saturated rings. The van der Waals surface area contributed by atoms with Crippen molar-refractivity contribution < 1.29 is 13.2 Å². The van der Waals surface area contributed by atoms with Gasteiger partial charge < -0.3 is 4.90 Å². The van der Waals surface area contributed by atoms with Gasteiger partial charge >= 0.3 is 6.18 Å². The van der Waals surface area contributed by atoms with Crippen LogP contribution in [0.15, 0.2) is 18.3 Å². The Kier molecular flexibility index (Phi) is 3.55. The molecule has 0 saturated carbocycles. The molecule has 0 atom stereocenters. The Balaban J connectivity index is 3.17. The summed E-state index contributed by atoms with van der Waals surface area (Å²) in [5.41, 5.74) is -0.672. The molecular formula is C10H13F3N2. The van der Waals surface area contributed by atoms with Crippen molar-refractivity contribution >= 4 is 5.82 Å². The van der Waals surface area contributed by atoms with Crippen LogP contribution in [0.4, 0.5) is 19.0 Å². The molecule has 2 nitrogen and oxygen atoms in total.